The highest BCUT2D eigenvalue weighted by Crippen LogP contribution is 2.28. The Hall–Kier alpha value is -1.84. The zero-order chi connectivity index (χ0) is 13.9. The molecule has 0 spiro atoms. The molecule has 1 heterocycles. The van der Waals surface area contributed by atoms with Gasteiger partial charge in [-0.15, -0.1) is 11.3 Å². The Balaban J connectivity index is 1.81. The molecule has 0 radical (unpaired) electrons. The van der Waals surface area contributed by atoms with Gasteiger partial charge in [-0.25, -0.2) is 0 Å². The molecule has 3 aromatic rings. The van der Waals surface area contributed by atoms with Crippen molar-refractivity contribution >= 4 is 21.4 Å². The van der Waals surface area contributed by atoms with Crippen molar-refractivity contribution in [2.45, 2.75) is 20.1 Å². The van der Waals surface area contributed by atoms with Gasteiger partial charge in [0.05, 0.1) is 0 Å². The Morgan fingerprint density at radius 2 is 1.90 bits per heavy atom. The van der Waals surface area contributed by atoms with Gasteiger partial charge in [0.25, 0.3) is 0 Å². The number of hydrogen-bond donors (Lipinski definition) is 1. The van der Waals surface area contributed by atoms with E-state index in [1.54, 1.807) is 11.3 Å². The second-order valence-corrected chi connectivity index (χ2v) is 5.81. The topological polar surface area (TPSA) is 35.2 Å². The van der Waals surface area contributed by atoms with Crippen LogP contribution >= 0.6 is 11.3 Å². The predicted molar refractivity (Wildman–Crippen MR) is 85.2 cm³/mol. The van der Waals surface area contributed by atoms with Gasteiger partial charge in [-0.05, 0) is 47.5 Å². The maximum absolute atomic E-state index is 5.86. The maximum atomic E-state index is 5.86. The first-order chi connectivity index (χ1) is 9.76. The molecule has 0 fully saturated rings. The van der Waals surface area contributed by atoms with Gasteiger partial charge in [-0.1, -0.05) is 23.8 Å². The summed E-state index contributed by atoms with van der Waals surface area (Å²) in [6.07, 6.45) is 0. The number of benzene rings is 2. The molecule has 0 bridgehead atoms. The molecule has 3 heteroatoms. The molecule has 1 aromatic heterocycles. The van der Waals surface area contributed by atoms with Gasteiger partial charge in [0.15, 0.2) is 0 Å². The van der Waals surface area contributed by atoms with E-state index in [1.165, 1.54) is 21.2 Å². The van der Waals surface area contributed by atoms with Gasteiger partial charge < -0.3 is 10.5 Å². The fraction of sp³-hybridized carbons (Fsp3) is 0.176. The van der Waals surface area contributed by atoms with E-state index in [0.717, 1.165) is 11.3 Å². The van der Waals surface area contributed by atoms with E-state index in [4.69, 9.17) is 10.5 Å². The Kier molecular flexibility index (Phi) is 3.72. The van der Waals surface area contributed by atoms with E-state index in [9.17, 15) is 0 Å². The van der Waals surface area contributed by atoms with Crippen LogP contribution in [0.15, 0.2) is 47.8 Å². The van der Waals surface area contributed by atoms with Crippen LogP contribution in [0.25, 0.3) is 10.1 Å². The third kappa shape index (κ3) is 2.69. The molecule has 0 amide bonds. The van der Waals surface area contributed by atoms with Crippen LogP contribution in [-0.2, 0) is 13.2 Å². The number of rotatable bonds is 4. The largest absolute Gasteiger partial charge is 0.489 e. The monoisotopic (exact) mass is 283 g/mol. The van der Waals surface area contributed by atoms with Gasteiger partial charge in [0.2, 0.25) is 0 Å². The van der Waals surface area contributed by atoms with E-state index >= 15 is 0 Å². The third-order valence-corrected chi connectivity index (χ3v) is 4.38. The molecule has 0 atom stereocenters. The van der Waals surface area contributed by atoms with Crippen LogP contribution < -0.4 is 10.5 Å². The van der Waals surface area contributed by atoms with Crippen molar-refractivity contribution in [2.24, 2.45) is 5.73 Å². The quantitative estimate of drug-likeness (QED) is 0.777. The number of thiophene rings is 1. The molecule has 3 rings (SSSR count). The zero-order valence-electron chi connectivity index (χ0n) is 11.4. The van der Waals surface area contributed by atoms with Crippen molar-refractivity contribution in [1.82, 2.24) is 0 Å². The summed E-state index contributed by atoms with van der Waals surface area (Å²) in [6.45, 7) is 3.24. The van der Waals surface area contributed by atoms with Crippen molar-refractivity contribution in [3.63, 3.8) is 0 Å². The van der Waals surface area contributed by atoms with Crippen LogP contribution in [0.4, 0.5) is 0 Å². The summed E-state index contributed by atoms with van der Waals surface area (Å²) < 4.78 is 7.14. The van der Waals surface area contributed by atoms with E-state index in [-0.39, 0.29) is 0 Å². The molecular formula is C17H17NOS. The summed E-state index contributed by atoms with van der Waals surface area (Å²) >= 11 is 1.75. The molecule has 0 unspecified atom stereocenters. The Labute approximate surface area is 122 Å². The highest BCUT2D eigenvalue weighted by Gasteiger charge is 2.05. The Morgan fingerprint density at radius 1 is 1.10 bits per heavy atom. The van der Waals surface area contributed by atoms with Crippen LogP contribution in [0.3, 0.4) is 0 Å². The number of aryl methyl sites for hydroxylation is 1. The van der Waals surface area contributed by atoms with Crippen LogP contribution in [-0.4, -0.2) is 0 Å². The van der Waals surface area contributed by atoms with Crippen LogP contribution in [0, 0.1) is 6.92 Å². The van der Waals surface area contributed by atoms with Gasteiger partial charge >= 0.3 is 0 Å². The molecule has 0 saturated heterocycles. The molecule has 102 valence electrons. The minimum Gasteiger partial charge on any atom is -0.489 e. The molecule has 20 heavy (non-hydrogen) atoms. The fourth-order valence-corrected chi connectivity index (χ4v) is 3.09. The molecule has 0 aliphatic heterocycles. The SMILES string of the molecule is Cc1ccc(OCc2csc3ccc(CN)cc23)cc1. The lowest BCUT2D eigenvalue weighted by Gasteiger charge is -2.06. The molecule has 0 aliphatic carbocycles. The number of hydrogen-bond acceptors (Lipinski definition) is 3. The summed E-state index contributed by atoms with van der Waals surface area (Å²) in [5.74, 6) is 0.907. The third-order valence-electron chi connectivity index (χ3n) is 3.37. The van der Waals surface area contributed by atoms with Gasteiger partial charge in [0, 0.05) is 16.8 Å². The summed E-state index contributed by atoms with van der Waals surface area (Å²) in [5.41, 5.74) is 9.34. The first-order valence-electron chi connectivity index (χ1n) is 6.65. The highest BCUT2D eigenvalue weighted by molar-refractivity contribution is 7.17. The summed E-state index contributed by atoms with van der Waals surface area (Å²) in [4.78, 5) is 0. The summed E-state index contributed by atoms with van der Waals surface area (Å²) in [7, 11) is 0. The average molecular weight is 283 g/mol. The highest BCUT2D eigenvalue weighted by atomic mass is 32.1. The minimum atomic E-state index is 0.573. The number of ether oxygens (including phenoxy) is 1. The summed E-state index contributed by atoms with van der Waals surface area (Å²) in [5, 5.41) is 3.42. The first kappa shape index (κ1) is 13.2. The van der Waals surface area contributed by atoms with Gasteiger partial charge in [-0.2, -0.15) is 0 Å². The Morgan fingerprint density at radius 3 is 2.65 bits per heavy atom. The zero-order valence-corrected chi connectivity index (χ0v) is 12.2. The second kappa shape index (κ2) is 5.65. The van der Waals surface area contributed by atoms with Gasteiger partial charge in [-0.3, -0.25) is 0 Å². The van der Waals surface area contributed by atoms with Crippen molar-refractivity contribution in [3.05, 3.63) is 64.5 Å². The molecule has 2 N–H and O–H groups in total. The molecule has 0 aliphatic rings. The predicted octanol–water partition coefficient (Wildman–Crippen LogP) is 4.25. The first-order valence-corrected chi connectivity index (χ1v) is 7.53. The maximum Gasteiger partial charge on any atom is 0.119 e. The lowest BCUT2D eigenvalue weighted by Crippen LogP contribution is -1.97. The minimum absolute atomic E-state index is 0.573. The van der Waals surface area contributed by atoms with Crippen LogP contribution in [0.2, 0.25) is 0 Å². The Bertz CT molecular complexity index is 715. The van der Waals surface area contributed by atoms with E-state index in [2.05, 4.69) is 42.6 Å². The average Bonchev–Trinajstić information content (AvgIpc) is 2.89. The lowest BCUT2D eigenvalue weighted by atomic mass is 10.1. The fourth-order valence-electron chi connectivity index (χ4n) is 2.16. The van der Waals surface area contributed by atoms with Crippen LogP contribution in [0.5, 0.6) is 5.75 Å². The smallest absolute Gasteiger partial charge is 0.119 e. The van der Waals surface area contributed by atoms with Crippen molar-refractivity contribution in [3.8, 4) is 5.75 Å². The van der Waals surface area contributed by atoms with E-state index in [1.807, 2.05) is 12.1 Å². The van der Waals surface area contributed by atoms with E-state index < -0.39 is 0 Å². The normalized spacial score (nSPS) is 10.9. The number of nitrogens with two attached hydrogens (primary N) is 1. The molecule has 2 nitrogen and oxygen atoms in total. The summed E-state index contributed by atoms with van der Waals surface area (Å²) in [6, 6.07) is 14.5. The van der Waals surface area contributed by atoms with Crippen molar-refractivity contribution in [1.29, 1.82) is 0 Å². The van der Waals surface area contributed by atoms with E-state index in [0.29, 0.717) is 13.2 Å². The standard InChI is InChI=1S/C17H17NOS/c1-12-2-5-15(6-3-12)19-10-14-11-20-17-7-4-13(9-18)8-16(14)17/h2-8,11H,9-10,18H2,1H3. The molecular weight excluding hydrogens is 266 g/mol. The number of fused-ring (bicyclic) bond motifs is 1. The van der Waals surface area contributed by atoms with Crippen molar-refractivity contribution < 1.29 is 4.74 Å². The van der Waals surface area contributed by atoms with Crippen LogP contribution in [0.1, 0.15) is 16.7 Å². The molecule has 0 saturated carbocycles. The van der Waals surface area contributed by atoms with Crippen molar-refractivity contribution in [2.75, 3.05) is 0 Å². The molecule has 2 aromatic carbocycles. The lowest BCUT2D eigenvalue weighted by molar-refractivity contribution is 0.308. The van der Waals surface area contributed by atoms with Gasteiger partial charge in [0.1, 0.15) is 12.4 Å². The second-order valence-electron chi connectivity index (χ2n) is 4.90.